The summed E-state index contributed by atoms with van der Waals surface area (Å²) in [5, 5.41) is 0. The Kier molecular flexibility index (Phi) is 4.62. The monoisotopic (exact) mass is 241 g/mol. The van der Waals surface area contributed by atoms with Crippen molar-refractivity contribution in [1.82, 2.24) is 0 Å². The van der Waals surface area contributed by atoms with Crippen LogP contribution in [0.25, 0.3) is 0 Å². The highest BCUT2D eigenvalue weighted by Crippen LogP contribution is 2.28. The van der Waals surface area contributed by atoms with Gasteiger partial charge in [-0.2, -0.15) is 0 Å². The lowest BCUT2D eigenvalue weighted by Crippen LogP contribution is -2.26. The molecule has 3 nitrogen and oxygen atoms in total. The third kappa shape index (κ3) is 2.89. The molecule has 0 aliphatic carbocycles. The molecule has 0 aromatic heterocycles. The lowest BCUT2D eigenvalue weighted by molar-refractivity contribution is -0.117. The Morgan fingerprint density at radius 1 is 1.50 bits per heavy atom. The van der Waals surface area contributed by atoms with Crippen LogP contribution in [0.3, 0.4) is 0 Å². The second-order valence-electron chi connectivity index (χ2n) is 3.57. The minimum absolute atomic E-state index is 0.0149. The first kappa shape index (κ1) is 12.8. The Balaban J connectivity index is 3.01. The first-order valence-corrected chi connectivity index (χ1v) is 5.60. The van der Waals surface area contributed by atoms with Crippen molar-refractivity contribution < 1.29 is 9.53 Å². The van der Waals surface area contributed by atoms with Gasteiger partial charge in [0, 0.05) is 19.3 Å². The van der Waals surface area contributed by atoms with E-state index in [9.17, 15) is 4.79 Å². The molecule has 0 bridgehead atoms. The van der Waals surface area contributed by atoms with Crippen molar-refractivity contribution in [2.24, 2.45) is 0 Å². The zero-order valence-electron chi connectivity index (χ0n) is 9.79. The second-order valence-corrected chi connectivity index (χ2v) is 3.95. The molecule has 0 atom stereocenters. The van der Waals surface area contributed by atoms with E-state index in [4.69, 9.17) is 16.3 Å². The van der Waals surface area contributed by atoms with Crippen molar-refractivity contribution >= 4 is 23.2 Å². The third-order valence-electron chi connectivity index (χ3n) is 2.38. The van der Waals surface area contributed by atoms with Crippen molar-refractivity contribution in [1.29, 1.82) is 0 Å². The molecule has 0 fully saturated rings. The number of hydrogen-bond acceptors (Lipinski definition) is 2. The van der Waals surface area contributed by atoms with Gasteiger partial charge in [-0.15, -0.1) is 11.6 Å². The topological polar surface area (TPSA) is 29.5 Å². The van der Waals surface area contributed by atoms with Crippen molar-refractivity contribution in [3.05, 3.63) is 23.8 Å². The van der Waals surface area contributed by atoms with Gasteiger partial charge in [-0.25, -0.2) is 0 Å². The molecule has 0 unspecified atom stereocenters. The number of aryl methyl sites for hydroxylation is 1. The molecule has 16 heavy (non-hydrogen) atoms. The van der Waals surface area contributed by atoms with Crippen LogP contribution >= 0.6 is 11.6 Å². The lowest BCUT2D eigenvalue weighted by atomic mass is 10.2. The van der Waals surface area contributed by atoms with Gasteiger partial charge in [0.1, 0.15) is 5.75 Å². The predicted octanol–water partition coefficient (Wildman–Crippen LogP) is 2.60. The first-order chi connectivity index (χ1) is 7.60. The lowest BCUT2D eigenvalue weighted by Gasteiger charge is -2.20. The summed E-state index contributed by atoms with van der Waals surface area (Å²) in [5.74, 6) is 1.01. The number of alkyl halides is 1. The van der Waals surface area contributed by atoms with Crippen LogP contribution in [0.5, 0.6) is 5.75 Å². The molecule has 88 valence electrons. The molecule has 0 radical (unpaired) electrons. The number of benzene rings is 1. The Hall–Kier alpha value is -1.22. The van der Waals surface area contributed by atoms with E-state index in [1.165, 1.54) is 0 Å². The molecule has 1 aromatic rings. The van der Waals surface area contributed by atoms with E-state index in [2.05, 4.69) is 0 Å². The van der Waals surface area contributed by atoms with Gasteiger partial charge in [-0.1, -0.05) is 6.07 Å². The maximum atomic E-state index is 11.7. The number of hydrogen-bond donors (Lipinski definition) is 0. The molecule has 0 spiro atoms. The van der Waals surface area contributed by atoms with Gasteiger partial charge < -0.3 is 9.64 Å². The summed E-state index contributed by atoms with van der Waals surface area (Å²) in [5.41, 5.74) is 1.86. The summed E-state index contributed by atoms with van der Waals surface area (Å²) in [6.45, 7) is 1.98. The molecule has 1 aromatic carbocycles. The van der Waals surface area contributed by atoms with E-state index < -0.39 is 0 Å². The third-order valence-corrected chi connectivity index (χ3v) is 2.57. The minimum Gasteiger partial charge on any atom is -0.495 e. The fourth-order valence-corrected chi connectivity index (χ4v) is 1.61. The fourth-order valence-electron chi connectivity index (χ4n) is 1.45. The van der Waals surface area contributed by atoms with Gasteiger partial charge in [0.15, 0.2) is 0 Å². The number of methoxy groups -OCH3 is 1. The van der Waals surface area contributed by atoms with Gasteiger partial charge in [-0.3, -0.25) is 4.79 Å². The molecule has 4 heteroatoms. The number of ether oxygens (including phenoxy) is 1. The standard InChI is InChI=1S/C12H16ClNO2/c1-9-4-5-11(16-3)10(8-9)14(2)12(15)6-7-13/h4-5,8H,6-7H2,1-3H3. The highest BCUT2D eigenvalue weighted by molar-refractivity contribution is 6.19. The van der Waals surface area contributed by atoms with Crippen LogP contribution in [-0.4, -0.2) is 25.9 Å². The Morgan fingerprint density at radius 3 is 2.75 bits per heavy atom. The highest BCUT2D eigenvalue weighted by atomic mass is 35.5. The number of nitrogens with zero attached hydrogens (tertiary/aromatic N) is 1. The summed E-state index contributed by atoms with van der Waals surface area (Å²) in [7, 11) is 3.32. The van der Waals surface area contributed by atoms with Crippen molar-refractivity contribution in [3.8, 4) is 5.75 Å². The van der Waals surface area contributed by atoms with Crippen LogP contribution in [0.4, 0.5) is 5.69 Å². The van der Waals surface area contributed by atoms with E-state index in [1.807, 2.05) is 25.1 Å². The largest absolute Gasteiger partial charge is 0.495 e. The van der Waals surface area contributed by atoms with E-state index in [0.717, 1.165) is 11.3 Å². The number of halogens is 1. The molecule has 0 N–H and O–H groups in total. The number of amides is 1. The van der Waals surface area contributed by atoms with Gasteiger partial charge in [0.25, 0.3) is 0 Å². The van der Waals surface area contributed by atoms with Crippen molar-refractivity contribution in [2.75, 3.05) is 24.9 Å². The summed E-state index contributed by atoms with van der Waals surface area (Å²) in [4.78, 5) is 13.3. The summed E-state index contributed by atoms with van der Waals surface area (Å²) < 4.78 is 5.22. The summed E-state index contributed by atoms with van der Waals surface area (Å²) in [6.07, 6.45) is 0.329. The van der Waals surface area contributed by atoms with Crippen molar-refractivity contribution in [2.45, 2.75) is 13.3 Å². The molecule has 0 saturated carbocycles. The van der Waals surface area contributed by atoms with E-state index in [0.29, 0.717) is 18.1 Å². The predicted molar refractivity (Wildman–Crippen MR) is 66.5 cm³/mol. The first-order valence-electron chi connectivity index (χ1n) is 5.07. The second kappa shape index (κ2) is 5.75. The molecule has 0 aliphatic rings. The smallest absolute Gasteiger partial charge is 0.228 e. The fraction of sp³-hybridized carbons (Fsp3) is 0.417. The number of anilines is 1. The van der Waals surface area contributed by atoms with Crippen LogP contribution in [0.1, 0.15) is 12.0 Å². The summed E-state index contributed by atoms with van der Waals surface area (Å²) >= 11 is 5.55. The van der Waals surface area contributed by atoms with Gasteiger partial charge in [0.2, 0.25) is 5.91 Å². The summed E-state index contributed by atoms with van der Waals surface area (Å²) in [6, 6.07) is 5.72. The Morgan fingerprint density at radius 2 is 2.19 bits per heavy atom. The number of carbonyl (C=O) groups excluding carboxylic acids is 1. The molecular weight excluding hydrogens is 226 g/mol. The zero-order valence-corrected chi connectivity index (χ0v) is 10.5. The van der Waals surface area contributed by atoms with Gasteiger partial charge in [-0.05, 0) is 24.6 Å². The van der Waals surface area contributed by atoms with Crippen LogP contribution < -0.4 is 9.64 Å². The van der Waals surface area contributed by atoms with Crippen molar-refractivity contribution in [3.63, 3.8) is 0 Å². The zero-order chi connectivity index (χ0) is 12.1. The molecule has 1 rings (SSSR count). The molecule has 0 aliphatic heterocycles. The molecule has 0 saturated heterocycles. The highest BCUT2D eigenvalue weighted by Gasteiger charge is 2.14. The maximum Gasteiger partial charge on any atom is 0.228 e. The average molecular weight is 242 g/mol. The van der Waals surface area contributed by atoms with Gasteiger partial charge >= 0.3 is 0 Å². The van der Waals surface area contributed by atoms with Crippen LogP contribution in [-0.2, 0) is 4.79 Å². The minimum atomic E-state index is -0.0149. The van der Waals surface area contributed by atoms with E-state index in [-0.39, 0.29) is 5.91 Å². The molecule has 1 amide bonds. The quantitative estimate of drug-likeness (QED) is 0.759. The van der Waals surface area contributed by atoms with Crippen LogP contribution in [0.15, 0.2) is 18.2 Å². The number of rotatable bonds is 4. The average Bonchev–Trinajstić information content (AvgIpc) is 2.28. The molecular formula is C12H16ClNO2. The maximum absolute atomic E-state index is 11.7. The van der Waals surface area contributed by atoms with Gasteiger partial charge in [0.05, 0.1) is 12.8 Å². The van der Waals surface area contributed by atoms with Crippen LogP contribution in [0.2, 0.25) is 0 Å². The van der Waals surface area contributed by atoms with Crippen LogP contribution in [0, 0.1) is 6.92 Å². The Bertz CT molecular complexity index is 379. The van der Waals surface area contributed by atoms with E-state index >= 15 is 0 Å². The number of carbonyl (C=O) groups is 1. The van der Waals surface area contributed by atoms with E-state index in [1.54, 1.807) is 19.1 Å². The normalized spacial score (nSPS) is 10.0. The molecule has 0 heterocycles. The Labute approximate surface area is 101 Å². The SMILES string of the molecule is COc1ccc(C)cc1N(C)C(=O)CCCl.